The summed E-state index contributed by atoms with van der Waals surface area (Å²) in [6, 6.07) is 9.39. The van der Waals surface area contributed by atoms with E-state index in [0.717, 1.165) is 13.0 Å². The van der Waals surface area contributed by atoms with Gasteiger partial charge in [-0.2, -0.15) is 0 Å². The topological polar surface area (TPSA) is 32.8 Å². The molecule has 0 aliphatic carbocycles. The Kier molecular flexibility index (Phi) is 7.56. The van der Waals surface area contributed by atoms with Crippen LogP contribution in [0.3, 0.4) is 0 Å². The van der Waals surface area contributed by atoms with Crippen LogP contribution < -0.4 is 4.84 Å². The summed E-state index contributed by atoms with van der Waals surface area (Å²) in [5.41, 5.74) is 1.88. The molecule has 7 heteroatoms. The molecule has 2 aromatic rings. The van der Waals surface area contributed by atoms with Crippen molar-refractivity contribution >= 4 is 41.3 Å². The second-order valence-electron chi connectivity index (χ2n) is 6.48. The predicted octanol–water partition coefficient (Wildman–Crippen LogP) is 4.77. The van der Waals surface area contributed by atoms with Gasteiger partial charge in [0.25, 0.3) is 0 Å². The summed E-state index contributed by atoms with van der Waals surface area (Å²) in [7, 11) is 4.13. The third-order valence-electron chi connectivity index (χ3n) is 4.14. The molecule has 0 spiro atoms. The summed E-state index contributed by atoms with van der Waals surface area (Å²) in [6.45, 7) is 1.60. The Hall–Kier alpha value is -1.49. The summed E-state index contributed by atoms with van der Waals surface area (Å²) in [5.74, 6) is 3.08. The summed E-state index contributed by atoms with van der Waals surface area (Å²) in [4.78, 5) is 20.7. The maximum absolute atomic E-state index is 11.4. The van der Waals surface area contributed by atoms with E-state index in [-0.39, 0.29) is 12.4 Å². The highest BCUT2D eigenvalue weighted by atomic mass is 35.5. The van der Waals surface area contributed by atoms with Crippen LogP contribution in [0.2, 0.25) is 5.02 Å². The molecule has 0 bridgehead atoms. The predicted molar refractivity (Wildman–Crippen MR) is 109 cm³/mol. The Balaban J connectivity index is 0.00000243. The monoisotopic (exact) mass is 412 g/mol. The van der Waals surface area contributed by atoms with E-state index >= 15 is 0 Å². The van der Waals surface area contributed by atoms with E-state index in [0.29, 0.717) is 35.4 Å². The van der Waals surface area contributed by atoms with Gasteiger partial charge in [-0.05, 0) is 61.8 Å². The number of benzene rings is 1. The first kappa shape index (κ1) is 20.8. The summed E-state index contributed by atoms with van der Waals surface area (Å²) < 4.78 is 0. The van der Waals surface area contributed by atoms with Gasteiger partial charge in [-0.1, -0.05) is 11.6 Å². The number of rotatable bonds is 5. The van der Waals surface area contributed by atoms with Gasteiger partial charge in [0, 0.05) is 28.8 Å². The molecule has 3 rings (SSSR count). The fourth-order valence-electron chi connectivity index (χ4n) is 2.96. The first-order valence-electron chi connectivity index (χ1n) is 8.22. The lowest BCUT2D eigenvalue weighted by molar-refractivity contribution is -0.0382. The summed E-state index contributed by atoms with van der Waals surface area (Å²) in [6.07, 6.45) is 1.60. The van der Waals surface area contributed by atoms with Crippen LogP contribution in [-0.2, 0) is 11.3 Å². The molecule has 26 heavy (non-hydrogen) atoms. The molecule has 1 saturated heterocycles. The number of hydrogen-bond acceptors (Lipinski definition) is 5. The Morgan fingerprint density at radius 3 is 2.73 bits per heavy atom. The maximum Gasteiger partial charge on any atom is 0.155 e. The molecular weight excluding hydrogens is 391 g/mol. The van der Waals surface area contributed by atoms with Crippen molar-refractivity contribution in [2.75, 3.05) is 20.6 Å². The molecule has 0 saturated carbocycles. The molecule has 1 aliphatic heterocycles. The van der Waals surface area contributed by atoms with Gasteiger partial charge in [0.1, 0.15) is 11.6 Å². The summed E-state index contributed by atoms with van der Waals surface area (Å²) in [5, 5.41) is 4.51. The number of piperidine rings is 1. The molecule has 0 radical (unpaired) electrons. The molecule has 2 heterocycles. The molecule has 1 atom stereocenters. The molecule has 1 unspecified atom stereocenters. The Morgan fingerprint density at radius 1 is 1.35 bits per heavy atom. The molecule has 1 aliphatic rings. The van der Waals surface area contributed by atoms with Crippen LogP contribution in [0.25, 0.3) is 0 Å². The highest BCUT2D eigenvalue weighted by Gasteiger charge is 2.27. The lowest BCUT2D eigenvalue weighted by atomic mass is 9.94. The van der Waals surface area contributed by atoms with Gasteiger partial charge in [-0.25, -0.2) is 9.86 Å². The van der Waals surface area contributed by atoms with E-state index in [9.17, 15) is 4.79 Å². The van der Waals surface area contributed by atoms with Crippen LogP contribution in [0.15, 0.2) is 41.4 Å². The minimum absolute atomic E-state index is 0. The van der Waals surface area contributed by atoms with Crippen LogP contribution >= 0.6 is 35.3 Å². The van der Waals surface area contributed by atoms with Gasteiger partial charge in [0.05, 0.1) is 6.54 Å². The number of nitrogens with zero attached hydrogens (tertiary/aromatic N) is 2. The van der Waals surface area contributed by atoms with Gasteiger partial charge in [-0.3, -0.25) is 0 Å². The smallest absolute Gasteiger partial charge is 0.155 e. The fourth-order valence-corrected chi connectivity index (χ4v) is 4.13. The number of halogens is 2. The largest absolute Gasteiger partial charge is 0.379 e. The van der Waals surface area contributed by atoms with E-state index in [1.165, 1.54) is 10.4 Å². The van der Waals surface area contributed by atoms with E-state index in [2.05, 4.69) is 36.4 Å². The number of carbonyl (C=O) groups excluding carboxylic acids is 1. The minimum atomic E-state index is 0. The van der Waals surface area contributed by atoms with Gasteiger partial charge < -0.3 is 9.74 Å². The molecule has 0 amide bonds. The van der Waals surface area contributed by atoms with Crippen molar-refractivity contribution in [3.63, 3.8) is 0 Å². The fraction of sp³-hybridized carbons (Fsp3) is 0.368. The summed E-state index contributed by atoms with van der Waals surface area (Å²) >= 11 is 7.67. The first-order valence-corrected chi connectivity index (χ1v) is 9.48. The first-order chi connectivity index (χ1) is 12.0. The standard InChI is InChI=1S/C19H21ClN2O2S.ClH/c1-21(2)11-14-9-19(25-13-14)15-7-8-22(17(10-15)12-23)24-18-5-3-16(20)4-6-18;/h3-6,9,13,15H,7-8,10-11H2,1-2H3;1H. The van der Waals surface area contributed by atoms with E-state index < -0.39 is 0 Å². The molecule has 0 N–H and O–H groups in total. The zero-order chi connectivity index (χ0) is 17.8. The second kappa shape index (κ2) is 9.45. The van der Waals surface area contributed by atoms with Crippen molar-refractivity contribution in [1.29, 1.82) is 0 Å². The van der Waals surface area contributed by atoms with Crippen molar-refractivity contribution in [2.45, 2.75) is 25.3 Å². The molecule has 1 fully saturated rings. The van der Waals surface area contributed by atoms with Gasteiger partial charge in [0.2, 0.25) is 0 Å². The Bertz CT molecular complexity index is 770. The molecule has 140 valence electrons. The van der Waals surface area contributed by atoms with E-state index in [4.69, 9.17) is 16.4 Å². The van der Waals surface area contributed by atoms with Crippen molar-refractivity contribution in [2.24, 2.45) is 0 Å². The number of hydrogen-bond donors (Lipinski definition) is 0. The molecule has 1 aromatic heterocycles. The van der Waals surface area contributed by atoms with Crippen LogP contribution in [0.5, 0.6) is 5.75 Å². The number of allylic oxidation sites excluding steroid dienone is 1. The molecular formula is C19H22Cl2N2O2S. The van der Waals surface area contributed by atoms with Gasteiger partial charge in [-0.15, -0.1) is 23.7 Å². The van der Waals surface area contributed by atoms with Crippen LogP contribution in [0, 0.1) is 0 Å². The molecule has 4 nitrogen and oxygen atoms in total. The van der Waals surface area contributed by atoms with Crippen LogP contribution in [-0.4, -0.2) is 36.5 Å². The number of thiophene rings is 1. The highest BCUT2D eigenvalue weighted by Crippen LogP contribution is 2.36. The SMILES string of the molecule is CN(C)Cc1csc(C2CCN(Oc3ccc(Cl)cc3)C(=C=O)C2)c1.Cl. The lowest BCUT2D eigenvalue weighted by Gasteiger charge is -2.32. The highest BCUT2D eigenvalue weighted by molar-refractivity contribution is 7.10. The second-order valence-corrected chi connectivity index (χ2v) is 7.86. The van der Waals surface area contributed by atoms with Gasteiger partial charge in [0.15, 0.2) is 5.75 Å². The lowest BCUT2D eigenvalue weighted by Crippen LogP contribution is -2.34. The zero-order valence-corrected chi connectivity index (χ0v) is 17.2. The van der Waals surface area contributed by atoms with E-state index in [1.54, 1.807) is 40.7 Å². The third-order valence-corrected chi connectivity index (χ3v) is 5.54. The van der Waals surface area contributed by atoms with Crippen molar-refractivity contribution in [3.05, 3.63) is 56.9 Å². The van der Waals surface area contributed by atoms with Crippen molar-refractivity contribution in [1.82, 2.24) is 9.96 Å². The van der Waals surface area contributed by atoms with Crippen LogP contribution in [0.1, 0.15) is 29.2 Å². The normalized spacial score (nSPS) is 17.0. The van der Waals surface area contributed by atoms with Crippen LogP contribution in [0.4, 0.5) is 0 Å². The third kappa shape index (κ3) is 5.26. The van der Waals surface area contributed by atoms with Gasteiger partial charge >= 0.3 is 0 Å². The van der Waals surface area contributed by atoms with Crippen molar-refractivity contribution < 1.29 is 9.63 Å². The maximum atomic E-state index is 11.4. The average Bonchev–Trinajstić information content (AvgIpc) is 3.05. The molecule has 1 aromatic carbocycles. The van der Waals surface area contributed by atoms with Crippen molar-refractivity contribution in [3.8, 4) is 5.75 Å². The zero-order valence-electron chi connectivity index (χ0n) is 14.8. The van der Waals surface area contributed by atoms with E-state index in [1.807, 2.05) is 0 Å². The Morgan fingerprint density at radius 2 is 2.08 bits per heavy atom. The number of hydroxylamine groups is 2. The Labute approximate surface area is 169 Å². The quantitative estimate of drug-likeness (QED) is 0.661. The minimum Gasteiger partial charge on any atom is -0.379 e. The average molecular weight is 413 g/mol.